The van der Waals surface area contributed by atoms with E-state index in [1.807, 2.05) is 70.4 Å². The lowest BCUT2D eigenvalue weighted by molar-refractivity contribution is 0.0960. The first-order valence-electron chi connectivity index (χ1n) is 10.2. The average molecular weight is 394 g/mol. The van der Waals surface area contributed by atoms with Crippen LogP contribution in [0, 0.1) is 5.92 Å². The summed E-state index contributed by atoms with van der Waals surface area (Å²) in [5.41, 5.74) is 3.40. The lowest BCUT2D eigenvalue weighted by Gasteiger charge is -2.26. The number of Topliss-reactive ketones (excluding diaryl/α,β-unsaturated/α-hetero) is 2. The molecule has 0 saturated heterocycles. The number of allylic oxidation sites excluding steroid dienone is 5. The molecule has 0 saturated carbocycles. The number of nitrogens with zero attached hydrogens (tertiary/aromatic N) is 3. The summed E-state index contributed by atoms with van der Waals surface area (Å²) in [6.45, 7) is 4.49. The summed E-state index contributed by atoms with van der Waals surface area (Å²) < 4.78 is 0. The lowest BCUT2D eigenvalue weighted by Crippen LogP contribution is -2.30. The van der Waals surface area contributed by atoms with Gasteiger partial charge in [0, 0.05) is 56.3 Å². The maximum atomic E-state index is 13.6. The van der Waals surface area contributed by atoms with E-state index in [9.17, 15) is 9.59 Å². The van der Waals surface area contributed by atoms with Gasteiger partial charge in [-0.05, 0) is 33.5 Å². The SMILES string of the molecule is CCN(C)c1cccc2c1C(=O)C1C=C(C2=O)/C(N(C)CCN(C)C)=C\C/C=C\1. The molecule has 154 valence electrons. The number of hydrogen-bond donors (Lipinski definition) is 0. The second kappa shape index (κ2) is 8.78. The van der Waals surface area contributed by atoms with Crippen LogP contribution >= 0.6 is 0 Å². The molecule has 0 radical (unpaired) electrons. The van der Waals surface area contributed by atoms with Crippen molar-refractivity contribution < 1.29 is 9.59 Å². The van der Waals surface area contributed by atoms with Crippen LogP contribution in [0.2, 0.25) is 0 Å². The van der Waals surface area contributed by atoms with E-state index in [0.717, 1.165) is 31.0 Å². The molecule has 0 spiro atoms. The Labute approximate surface area is 174 Å². The largest absolute Gasteiger partial charge is 0.374 e. The number of anilines is 1. The first-order valence-corrected chi connectivity index (χ1v) is 10.2. The lowest BCUT2D eigenvalue weighted by atomic mass is 9.93. The smallest absolute Gasteiger partial charge is 0.195 e. The van der Waals surface area contributed by atoms with Crippen molar-refractivity contribution in [2.75, 3.05) is 52.7 Å². The molecule has 1 atom stereocenters. The first kappa shape index (κ1) is 21.1. The van der Waals surface area contributed by atoms with E-state index < -0.39 is 5.92 Å². The fraction of sp³-hybridized carbons (Fsp3) is 0.417. The normalized spacial score (nSPS) is 21.4. The molecule has 29 heavy (non-hydrogen) atoms. The number of carbonyl (C=O) groups excluding carboxylic acids is 2. The zero-order valence-corrected chi connectivity index (χ0v) is 18.1. The third-order valence-electron chi connectivity index (χ3n) is 5.67. The molecular formula is C24H31N3O2. The fourth-order valence-electron chi connectivity index (χ4n) is 3.81. The van der Waals surface area contributed by atoms with Crippen LogP contribution in [0.4, 0.5) is 5.69 Å². The third kappa shape index (κ3) is 4.20. The van der Waals surface area contributed by atoms with Gasteiger partial charge in [0.2, 0.25) is 0 Å². The van der Waals surface area contributed by atoms with Crippen LogP contribution in [0.15, 0.2) is 53.8 Å². The van der Waals surface area contributed by atoms with E-state index in [1.165, 1.54) is 0 Å². The summed E-state index contributed by atoms with van der Waals surface area (Å²) in [5.74, 6) is -0.499. The van der Waals surface area contributed by atoms with Gasteiger partial charge in [-0.1, -0.05) is 36.4 Å². The number of fused-ring (bicyclic) bond motifs is 2. The quantitative estimate of drug-likeness (QED) is 0.693. The van der Waals surface area contributed by atoms with Crippen molar-refractivity contribution in [3.8, 4) is 0 Å². The molecule has 1 unspecified atom stereocenters. The third-order valence-corrected chi connectivity index (χ3v) is 5.67. The summed E-state index contributed by atoms with van der Waals surface area (Å²) in [5, 5.41) is 0. The second-order valence-electron chi connectivity index (χ2n) is 7.99. The molecule has 1 aromatic rings. The van der Waals surface area contributed by atoms with Crippen molar-refractivity contribution in [3.63, 3.8) is 0 Å². The van der Waals surface area contributed by atoms with Gasteiger partial charge in [-0.2, -0.15) is 0 Å². The number of likely N-dealkylation sites (N-methyl/N-ethyl adjacent to an activating group) is 2. The molecular weight excluding hydrogens is 362 g/mol. The minimum Gasteiger partial charge on any atom is -0.374 e. The van der Waals surface area contributed by atoms with Crippen LogP contribution in [-0.2, 0) is 0 Å². The van der Waals surface area contributed by atoms with E-state index in [1.54, 1.807) is 6.07 Å². The van der Waals surface area contributed by atoms with Gasteiger partial charge in [0.25, 0.3) is 0 Å². The molecule has 0 aliphatic heterocycles. The Balaban J connectivity index is 2.12. The highest BCUT2D eigenvalue weighted by molar-refractivity contribution is 6.22. The first-order chi connectivity index (χ1) is 13.8. The molecule has 2 aliphatic rings. The molecule has 0 heterocycles. The molecule has 2 bridgehead atoms. The van der Waals surface area contributed by atoms with E-state index in [2.05, 4.69) is 15.9 Å². The molecule has 5 heteroatoms. The second-order valence-corrected chi connectivity index (χ2v) is 7.99. The van der Waals surface area contributed by atoms with Gasteiger partial charge in [0.05, 0.1) is 11.5 Å². The standard InChI is InChI=1S/C24H31N3O2/c1-6-26(4)21-13-9-11-18-22(21)23(28)17-10-7-8-12-20(19(16-17)24(18)29)27(5)15-14-25(2)3/h7,9-13,16-17H,6,8,14-15H2,1-5H3/b10-7-,20-12+. The fourth-order valence-corrected chi connectivity index (χ4v) is 3.81. The number of hydrogen-bond acceptors (Lipinski definition) is 5. The highest BCUT2D eigenvalue weighted by atomic mass is 16.1. The van der Waals surface area contributed by atoms with Crippen molar-refractivity contribution in [2.24, 2.45) is 5.92 Å². The summed E-state index contributed by atoms with van der Waals surface area (Å²) in [4.78, 5) is 33.4. The Kier molecular flexibility index (Phi) is 6.38. The van der Waals surface area contributed by atoms with Crippen molar-refractivity contribution in [3.05, 3.63) is 64.9 Å². The highest BCUT2D eigenvalue weighted by Gasteiger charge is 2.33. The summed E-state index contributed by atoms with van der Waals surface area (Å²) in [6, 6.07) is 5.59. The van der Waals surface area contributed by atoms with E-state index in [4.69, 9.17) is 0 Å². The van der Waals surface area contributed by atoms with Crippen molar-refractivity contribution in [1.29, 1.82) is 0 Å². The number of ketones is 2. The zero-order chi connectivity index (χ0) is 21.1. The minimum atomic E-state index is -0.424. The predicted molar refractivity (Wildman–Crippen MR) is 119 cm³/mol. The molecule has 0 fully saturated rings. The Morgan fingerprint density at radius 2 is 1.79 bits per heavy atom. The Morgan fingerprint density at radius 3 is 2.48 bits per heavy atom. The molecule has 0 N–H and O–H groups in total. The maximum absolute atomic E-state index is 13.6. The van der Waals surface area contributed by atoms with Crippen LogP contribution in [0.3, 0.4) is 0 Å². The van der Waals surface area contributed by atoms with Crippen molar-refractivity contribution in [1.82, 2.24) is 9.80 Å². The van der Waals surface area contributed by atoms with E-state index >= 15 is 0 Å². The highest BCUT2D eigenvalue weighted by Crippen LogP contribution is 2.35. The van der Waals surface area contributed by atoms with Gasteiger partial charge in [-0.3, -0.25) is 9.59 Å². The van der Waals surface area contributed by atoms with Crippen LogP contribution in [0.1, 0.15) is 34.1 Å². The van der Waals surface area contributed by atoms with Gasteiger partial charge < -0.3 is 14.7 Å². The Hall–Kier alpha value is -2.66. The van der Waals surface area contributed by atoms with Gasteiger partial charge in [-0.25, -0.2) is 0 Å². The van der Waals surface area contributed by atoms with Gasteiger partial charge in [0.1, 0.15) is 0 Å². The summed E-state index contributed by atoms with van der Waals surface area (Å²) in [6.07, 6.45) is 8.60. The molecule has 0 aromatic heterocycles. The topological polar surface area (TPSA) is 43.9 Å². The van der Waals surface area contributed by atoms with Crippen molar-refractivity contribution >= 4 is 17.3 Å². The van der Waals surface area contributed by atoms with Crippen molar-refractivity contribution in [2.45, 2.75) is 13.3 Å². The zero-order valence-electron chi connectivity index (χ0n) is 18.1. The Bertz CT molecular complexity index is 895. The van der Waals surface area contributed by atoms with E-state index in [0.29, 0.717) is 23.1 Å². The number of carbonyl (C=O) groups is 2. The van der Waals surface area contributed by atoms with Crippen LogP contribution in [0.5, 0.6) is 0 Å². The average Bonchev–Trinajstić information content (AvgIpc) is 2.80. The maximum Gasteiger partial charge on any atom is 0.195 e. The Morgan fingerprint density at radius 1 is 1.03 bits per heavy atom. The molecule has 1 aromatic carbocycles. The van der Waals surface area contributed by atoms with Crippen LogP contribution in [-0.4, -0.2) is 69.2 Å². The van der Waals surface area contributed by atoms with Crippen LogP contribution in [0.25, 0.3) is 0 Å². The molecule has 2 aliphatic carbocycles. The monoisotopic (exact) mass is 393 g/mol. The van der Waals surface area contributed by atoms with Crippen LogP contribution < -0.4 is 4.90 Å². The summed E-state index contributed by atoms with van der Waals surface area (Å²) >= 11 is 0. The number of benzene rings is 1. The summed E-state index contributed by atoms with van der Waals surface area (Å²) in [7, 11) is 8.04. The van der Waals surface area contributed by atoms with E-state index in [-0.39, 0.29) is 11.6 Å². The van der Waals surface area contributed by atoms with Gasteiger partial charge in [0.15, 0.2) is 11.6 Å². The van der Waals surface area contributed by atoms with Gasteiger partial charge >= 0.3 is 0 Å². The molecule has 5 nitrogen and oxygen atoms in total. The van der Waals surface area contributed by atoms with Gasteiger partial charge in [-0.15, -0.1) is 0 Å². The predicted octanol–water partition coefficient (Wildman–Crippen LogP) is 3.40. The molecule has 3 rings (SSSR count). The molecule has 0 amide bonds. The minimum absolute atomic E-state index is 0.00676. The number of rotatable bonds is 6.